The molecule has 0 aromatic carbocycles. The summed E-state index contributed by atoms with van der Waals surface area (Å²) >= 11 is 0. The lowest BCUT2D eigenvalue weighted by atomic mass is 10.4. The number of fused-ring (bicyclic) bond motifs is 1. The van der Waals surface area contributed by atoms with Crippen LogP contribution in [0.2, 0.25) is 0 Å². The van der Waals surface area contributed by atoms with Gasteiger partial charge in [0.1, 0.15) is 12.0 Å². The van der Waals surface area contributed by atoms with Crippen LogP contribution >= 0.6 is 0 Å². The smallest absolute Gasteiger partial charge is 0.272 e. The van der Waals surface area contributed by atoms with Crippen molar-refractivity contribution in [2.24, 2.45) is 4.99 Å². The van der Waals surface area contributed by atoms with Crippen LogP contribution in [0.3, 0.4) is 0 Å². The molecule has 7 nitrogen and oxygen atoms in total. The van der Waals surface area contributed by atoms with E-state index in [1.165, 1.54) is 8.97 Å². The van der Waals surface area contributed by atoms with Crippen LogP contribution in [0.4, 0.5) is 0 Å². The summed E-state index contributed by atoms with van der Waals surface area (Å²) < 4.78 is 4.01. The van der Waals surface area contributed by atoms with E-state index in [1.54, 1.807) is 42.7 Å². The van der Waals surface area contributed by atoms with E-state index in [9.17, 15) is 9.59 Å². The van der Waals surface area contributed by atoms with E-state index in [4.69, 9.17) is 0 Å². The Labute approximate surface area is 132 Å². The van der Waals surface area contributed by atoms with Crippen LogP contribution in [0, 0.1) is 0 Å². The molecule has 0 aliphatic heterocycles. The molecule has 0 saturated heterocycles. The third kappa shape index (κ3) is 2.98. The predicted octanol–water partition coefficient (Wildman–Crippen LogP) is 0.947. The first kappa shape index (κ1) is 15.0. The molecule has 0 aliphatic rings. The molecule has 0 unspecified atom stereocenters. The van der Waals surface area contributed by atoms with Gasteiger partial charge in [-0.2, -0.15) is 0 Å². The molecule has 0 N–H and O–H groups in total. The summed E-state index contributed by atoms with van der Waals surface area (Å²) in [6, 6.07) is 10.7. The summed E-state index contributed by atoms with van der Waals surface area (Å²) in [7, 11) is 0. The fraction of sp³-hybridized carbons (Fsp3) is 0.250. The normalized spacial score (nSPS) is 12.2. The second-order valence-electron chi connectivity index (χ2n) is 5.41. The summed E-state index contributed by atoms with van der Waals surface area (Å²) in [4.78, 5) is 29.2. The Morgan fingerprint density at radius 1 is 1.17 bits per heavy atom. The molecule has 0 saturated carbocycles. The van der Waals surface area contributed by atoms with E-state index >= 15 is 0 Å². The van der Waals surface area contributed by atoms with Crippen molar-refractivity contribution in [1.29, 1.82) is 0 Å². The number of hydrogen-bond acceptors (Lipinski definition) is 4. The summed E-state index contributed by atoms with van der Waals surface area (Å²) in [5.41, 5.74) is 0.729. The molecule has 118 valence electrons. The Kier molecular flexibility index (Phi) is 3.92. The number of rotatable bonds is 3. The Hall–Kier alpha value is -2.96. The fourth-order valence-electron chi connectivity index (χ4n) is 2.29. The van der Waals surface area contributed by atoms with Gasteiger partial charge < -0.3 is 0 Å². The first-order valence-electron chi connectivity index (χ1n) is 7.35. The van der Waals surface area contributed by atoms with Gasteiger partial charge in [-0.3, -0.25) is 18.8 Å². The van der Waals surface area contributed by atoms with Crippen LogP contribution in [0.25, 0.3) is 5.65 Å². The van der Waals surface area contributed by atoms with Crippen molar-refractivity contribution in [3.05, 3.63) is 64.8 Å². The van der Waals surface area contributed by atoms with Gasteiger partial charge in [0.05, 0.1) is 0 Å². The Morgan fingerprint density at radius 3 is 2.65 bits per heavy atom. The Morgan fingerprint density at radius 2 is 1.91 bits per heavy atom. The number of hydrogen-bond donors (Lipinski definition) is 0. The van der Waals surface area contributed by atoms with Gasteiger partial charge in [0.25, 0.3) is 5.91 Å². The van der Waals surface area contributed by atoms with Crippen molar-refractivity contribution in [3.63, 3.8) is 0 Å². The van der Waals surface area contributed by atoms with Gasteiger partial charge in [0.15, 0.2) is 5.65 Å². The van der Waals surface area contributed by atoms with Crippen molar-refractivity contribution < 1.29 is 4.79 Å². The highest BCUT2D eigenvalue weighted by Gasteiger charge is 2.12. The minimum Gasteiger partial charge on any atom is -0.272 e. The number of pyridine rings is 2. The molecule has 0 radical (unpaired) electrons. The van der Waals surface area contributed by atoms with E-state index in [2.05, 4.69) is 10.1 Å². The first-order valence-corrected chi connectivity index (χ1v) is 7.35. The SMILES string of the molecule is CC(C)N=c1ccccn1C(=O)Cn1nc2ccccn2c1=O. The second kappa shape index (κ2) is 6.04. The van der Waals surface area contributed by atoms with Gasteiger partial charge in [0, 0.05) is 18.4 Å². The Balaban J connectivity index is 1.99. The zero-order valence-corrected chi connectivity index (χ0v) is 13.0. The van der Waals surface area contributed by atoms with Gasteiger partial charge in [0.2, 0.25) is 0 Å². The third-order valence-corrected chi connectivity index (χ3v) is 3.27. The van der Waals surface area contributed by atoms with E-state index in [0.29, 0.717) is 11.1 Å². The lowest BCUT2D eigenvalue weighted by Crippen LogP contribution is -2.33. The lowest BCUT2D eigenvalue weighted by Gasteiger charge is -2.06. The maximum Gasteiger partial charge on any atom is 0.350 e. The molecule has 0 aliphatic carbocycles. The van der Waals surface area contributed by atoms with Gasteiger partial charge >= 0.3 is 5.69 Å². The molecule has 7 heteroatoms. The highest BCUT2D eigenvalue weighted by molar-refractivity contribution is 5.78. The Bertz CT molecular complexity index is 978. The van der Waals surface area contributed by atoms with E-state index in [-0.39, 0.29) is 24.2 Å². The molecule has 0 fully saturated rings. The highest BCUT2D eigenvalue weighted by atomic mass is 16.2. The molecule has 0 amide bonds. The first-order chi connectivity index (χ1) is 11.1. The highest BCUT2D eigenvalue weighted by Crippen LogP contribution is 1.96. The van der Waals surface area contributed by atoms with Crippen molar-refractivity contribution in [1.82, 2.24) is 18.7 Å². The van der Waals surface area contributed by atoms with Crippen LogP contribution in [0.5, 0.6) is 0 Å². The van der Waals surface area contributed by atoms with Gasteiger partial charge in [-0.05, 0) is 38.1 Å². The largest absolute Gasteiger partial charge is 0.350 e. The van der Waals surface area contributed by atoms with Crippen LogP contribution in [0.15, 0.2) is 58.6 Å². The van der Waals surface area contributed by atoms with Crippen LogP contribution in [0.1, 0.15) is 18.6 Å². The summed E-state index contributed by atoms with van der Waals surface area (Å²) in [6.07, 6.45) is 3.27. The topological polar surface area (TPSA) is 73.7 Å². The van der Waals surface area contributed by atoms with Crippen molar-refractivity contribution in [2.75, 3.05) is 0 Å². The third-order valence-electron chi connectivity index (χ3n) is 3.27. The molecule has 3 rings (SSSR count). The van der Waals surface area contributed by atoms with Crippen LogP contribution < -0.4 is 11.2 Å². The molecule has 0 spiro atoms. The average molecular weight is 311 g/mol. The predicted molar refractivity (Wildman–Crippen MR) is 85.2 cm³/mol. The molecule has 3 heterocycles. The van der Waals surface area contributed by atoms with Crippen molar-refractivity contribution >= 4 is 11.6 Å². The average Bonchev–Trinajstić information content (AvgIpc) is 2.84. The van der Waals surface area contributed by atoms with Gasteiger partial charge in [-0.25, -0.2) is 9.48 Å². The zero-order chi connectivity index (χ0) is 16.4. The molecule has 3 aromatic heterocycles. The molecular weight excluding hydrogens is 294 g/mol. The standard InChI is InChI=1S/C16H17N5O2/c1-12(2)17-13-7-3-5-9-19(13)15(22)11-21-16(23)20-10-6-4-8-14(20)18-21/h3-10,12H,11H2,1-2H3. The lowest BCUT2D eigenvalue weighted by molar-refractivity contribution is 0.0879. The van der Waals surface area contributed by atoms with E-state index < -0.39 is 0 Å². The van der Waals surface area contributed by atoms with Gasteiger partial charge in [-0.1, -0.05) is 12.1 Å². The second-order valence-corrected chi connectivity index (χ2v) is 5.41. The minimum atomic E-state index is -0.340. The van der Waals surface area contributed by atoms with Crippen molar-refractivity contribution in [2.45, 2.75) is 26.4 Å². The quantitative estimate of drug-likeness (QED) is 0.723. The maximum absolute atomic E-state index is 12.5. The number of carbonyl (C=O) groups excluding carboxylic acids is 1. The fourth-order valence-corrected chi connectivity index (χ4v) is 2.29. The molecular formula is C16H17N5O2. The molecule has 3 aromatic rings. The zero-order valence-electron chi connectivity index (χ0n) is 13.0. The number of nitrogens with zero attached hydrogens (tertiary/aromatic N) is 5. The summed E-state index contributed by atoms with van der Waals surface area (Å²) in [5.74, 6) is -0.268. The van der Waals surface area contributed by atoms with Crippen LogP contribution in [-0.4, -0.2) is 30.7 Å². The monoisotopic (exact) mass is 311 g/mol. The van der Waals surface area contributed by atoms with Crippen LogP contribution in [-0.2, 0) is 6.54 Å². The number of aromatic nitrogens is 4. The van der Waals surface area contributed by atoms with E-state index in [0.717, 1.165) is 4.68 Å². The molecule has 23 heavy (non-hydrogen) atoms. The minimum absolute atomic E-state index is 0.0642. The van der Waals surface area contributed by atoms with E-state index in [1.807, 2.05) is 19.9 Å². The molecule has 0 atom stereocenters. The van der Waals surface area contributed by atoms with Crippen molar-refractivity contribution in [3.8, 4) is 0 Å². The summed E-state index contributed by atoms with van der Waals surface area (Å²) in [6.45, 7) is 3.73. The molecule has 0 bridgehead atoms. The van der Waals surface area contributed by atoms with Gasteiger partial charge in [-0.15, -0.1) is 5.10 Å². The number of carbonyl (C=O) groups is 1. The maximum atomic E-state index is 12.5. The summed E-state index contributed by atoms with van der Waals surface area (Å²) in [5, 5.41) is 4.17.